The van der Waals surface area contributed by atoms with Crippen molar-refractivity contribution in [3.63, 3.8) is 0 Å². The van der Waals surface area contributed by atoms with Gasteiger partial charge in [-0.15, -0.1) is 6.42 Å². The van der Waals surface area contributed by atoms with Gasteiger partial charge < -0.3 is 13.8 Å². The van der Waals surface area contributed by atoms with E-state index in [0.29, 0.717) is 0 Å². The second-order valence-corrected chi connectivity index (χ2v) is 7.06. The molecule has 0 aliphatic rings. The van der Waals surface area contributed by atoms with Gasteiger partial charge in [-0.3, -0.25) is 4.79 Å². The predicted molar refractivity (Wildman–Crippen MR) is 90.9 cm³/mol. The lowest BCUT2D eigenvalue weighted by Gasteiger charge is -2.20. The van der Waals surface area contributed by atoms with Gasteiger partial charge in [0, 0.05) is 0 Å². The second-order valence-electron chi connectivity index (χ2n) is 5.16. The minimum Gasteiger partial charge on any atom is -0.449 e. The van der Waals surface area contributed by atoms with Gasteiger partial charge >= 0.3 is 13.6 Å². The SMILES string of the molecule is C#CC(C)OC(=O)CP(=O)(Oc1ccc(F)cc1)Oc1ccc(F)cc1. The predicted octanol–water partition coefficient (Wildman–Crippen LogP) is 4.18. The zero-order valence-corrected chi connectivity index (χ0v) is 14.6. The molecule has 0 spiro atoms. The number of hydrogen-bond donors (Lipinski definition) is 0. The quantitative estimate of drug-likeness (QED) is 0.410. The summed E-state index contributed by atoms with van der Waals surface area (Å²) in [6.07, 6.45) is 3.56. The maximum atomic E-state index is 13.0. The van der Waals surface area contributed by atoms with E-state index in [-0.39, 0.29) is 11.5 Å². The molecule has 0 radical (unpaired) electrons. The van der Waals surface area contributed by atoms with Gasteiger partial charge in [-0.25, -0.2) is 13.3 Å². The van der Waals surface area contributed by atoms with E-state index in [1.165, 1.54) is 31.2 Å². The molecule has 8 heteroatoms. The summed E-state index contributed by atoms with van der Waals surface area (Å²) in [5.74, 6) is 0.302. The molecule has 0 saturated carbocycles. The fourth-order valence-corrected chi connectivity index (χ4v) is 3.26. The molecule has 2 aromatic rings. The number of esters is 1. The van der Waals surface area contributed by atoms with E-state index in [9.17, 15) is 18.1 Å². The van der Waals surface area contributed by atoms with E-state index in [2.05, 4.69) is 5.92 Å². The fourth-order valence-electron chi connectivity index (χ4n) is 1.82. The van der Waals surface area contributed by atoms with Gasteiger partial charge in [0.2, 0.25) is 0 Å². The Morgan fingerprint density at radius 3 is 1.85 bits per heavy atom. The molecular weight excluding hydrogens is 365 g/mol. The summed E-state index contributed by atoms with van der Waals surface area (Å²) in [4.78, 5) is 11.9. The topological polar surface area (TPSA) is 61.8 Å². The molecule has 2 aromatic carbocycles. The Morgan fingerprint density at radius 1 is 1.04 bits per heavy atom. The van der Waals surface area contributed by atoms with Crippen molar-refractivity contribution in [3.05, 3.63) is 60.2 Å². The van der Waals surface area contributed by atoms with Crippen LogP contribution in [0.5, 0.6) is 11.5 Å². The minimum atomic E-state index is -4.10. The Morgan fingerprint density at radius 2 is 1.46 bits per heavy atom. The number of hydrogen-bond acceptors (Lipinski definition) is 5. The van der Waals surface area contributed by atoms with Gasteiger partial charge in [0.25, 0.3) is 0 Å². The van der Waals surface area contributed by atoms with Gasteiger partial charge in [-0.2, -0.15) is 0 Å². The third-order valence-electron chi connectivity index (χ3n) is 2.98. The summed E-state index contributed by atoms with van der Waals surface area (Å²) < 4.78 is 54.5. The first-order valence-electron chi connectivity index (χ1n) is 7.45. The highest BCUT2D eigenvalue weighted by Crippen LogP contribution is 2.48. The lowest BCUT2D eigenvalue weighted by molar-refractivity contribution is -0.142. The summed E-state index contributed by atoms with van der Waals surface area (Å²) in [7, 11) is -4.10. The molecule has 1 unspecified atom stereocenters. The molecule has 0 N–H and O–H groups in total. The van der Waals surface area contributed by atoms with Crippen molar-refractivity contribution in [1.82, 2.24) is 0 Å². The minimum absolute atomic E-state index is 0.0228. The van der Waals surface area contributed by atoms with Crippen LogP contribution in [0, 0.1) is 24.0 Å². The van der Waals surface area contributed by atoms with Crippen LogP contribution in [-0.2, 0) is 14.1 Å². The lowest BCUT2D eigenvalue weighted by atomic mass is 10.3. The van der Waals surface area contributed by atoms with E-state index in [4.69, 9.17) is 20.2 Å². The summed E-state index contributed by atoms with van der Waals surface area (Å²) in [5, 5.41) is 0. The molecule has 0 bridgehead atoms. The third kappa shape index (κ3) is 5.91. The standard InChI is InChI=1S/C18H15F2O5P/c1-3-13(2)23-18(21)12-26(22,24-16-8-4-14(19)5-9-16)25-17-10-6-15(20)7-11-17/h1,4-11,13H,12H2,2H3. The summed E-state index contributed by atoms with van der Waals surface area (Å²) >= 11 is 0. The summed E-state index contributed by atoms with van der Waals surface area (Å²) in [5.41, 5.74) is 0. The molecule has 2 rings (SSSR count). The molecule has 0 aromatic heterocycles. The van der Waals surface area contributed by atoms with E-state index < -0.39 is 37.5 Å². The average Bonchev–Trinajstić information content (AvgIpc) is 2.58. The first kappa shape index (κ1) is 19.5. The smallest absolute Gasteiger partial charge is 0.441 e. The van der Waals surface area contributed by atoms with Crippen LogP contribution >= 0.6 is 7.60 Å². The fraction of sp³-hybridized carbons (Fsp3) is 0.167. The summed E-state index contributed by atoms with van der Waals surface area (Å²) in [6, 6.07) is 9.28. The van der Waals surface area contributed by atoms with Crippen LogP contribution in [0.1, 0.15) is 6.92 Å². The van der Waals surface area contributed by atoms with Gasteiger partial charge in [-0.1, -0.05) is 5.92 Å². The van der Waals surface area contributed by atoms with Crippen LogP contribution in [0.2, 0.25) is 0 Å². The Hall–Kier alpha value is -2.84. The van der Waals surface area contributed by atoms with E-state index in [1.807, 2.05) is 0 Å². The molecule has 0 heterocycles. The van der Waals surface area contributed by atoms with Crippen molar-refractivity contribution in [3.8, 4) is 23.8 Å². The highest BCUT2D eigenvalue weighted by molar-refractivity contribution is 7.55. The van der Waals surface area contributed by atoms with E-state index in [1.54, 1.807) is 0 Å². The lowest BCUT2D eigenvalue weighted by Crippen LogP contribution is -2.19. The maximum Gasteiger partial charge on any atom is 0.441 e. The number of benzene rings is 2. The van der Waals surface area contributed by atoms with E-state index >= 15 is 0 Å². The zero-order valence-electron chi connectivity index (χ0n) is 13.7. The van der Waals surface area contributed by atoms with Crippen LogP contribution in [0.15, 0.2) is 48.5 Å². The Labute approximate surface area is 149 Å². The van der Waals surface area contributed by atoms with Crippen LogP contribution < -0.4 is 9.05 Å². The van der Waals surface area contributed by atoms with Gasteiger partial charge in [0.05, 0.1) is 0 Å². The highest BCUT2D eigenvalue weighted by atomic mass is 31.2. The number of rotatable bonds is 7. The molecule has 1 atom stereocenters. The molecule has 0 aliphatic heterocycles. The van der Waals surface area contributed by atoms with Crippen molar-refractivity contribution >= 4 is 13.6 Å². The molecule has 136 valence electrons. The molecule has 0 amide bonds. The van der Waals surface area contributed by atoms with Crippen LogP contribution in [0.3, 0.4) is 0 Å². The maximum absolute atomic E-state index is 13.0. The number of terminal acetylenes is 1. The molecule has 0 fully saturated rings. The van der Waals surface area contributed by atoms with Gasteiger partial charge in [0.15, 0.2) is 12.3 Å². The first-order chi connectivity index (χ1) is 12.3. The van der Waals surface area contributed by atoms with Gasteiger partial charge in [0.1, 0.15) is 23.1 Å². The zero-order chi connectivity index (χ0) is 19.2. The number of halogens is 2. The van der Waals surface area contributed by atoms with Gasteiger partial charge in [-0.05, 0) is 55.5 Å². The monoisotopic (exact) mass is 380 g/mol. The van der Waals surface area contributed by atoms with Crippen LogP contribution in [0.4, 0.5) is 8.78 Å². The van der Waals surface area contributed by atoms with Crippen molar-refractivity contribution in [2.45, 2.75) is 13.0 Å². The van der Waals surface area contributed by atoms with Crippen molar-refractivity contribution in [1.29, 1.82) is 0 Å². The Kier molecular flexibility index (Phi) is 6.37. The van der Waals surface area contributed by atoms with E-state index in [0.717, 1.165) is 24.3 Å². The second kappa shape index (κ2) is 8.50. The number of carbonyl (C=O) groups excluding carboxylic acids is 1. The van der Waals surface area contributed by atoms with Crippen molar-refractivity contribution in [2.24, 2.45) is 0 Å². The van der Waals surface area contributed by atoms with Crippen molar-refractivity contribution < 1.29 is 31.9 Å². The average molecular weight is 380 g/mol. The highest BCUT2D eigenvalue weighted by Gasteiger charge is 2.33. The summed E-state index contributed by atoms with van der Waals surface area (Å²) in [6.45, 7) is 1.46. The molecular formula is C18H15F2O5P. The largest absolute Gasteiger partial charge is 0.449 e. The number of carbonyl (C=O) groups is 1. The Bertz CT molecular complexity index is 792. The number of ether oxygens (including phenoxy) is 1. The van der Waals surface area contributed by atoms with Crippen LogP contribution in [0.25, 0.3) is 0 Å². The molecule has 0 saturated heterocycles. The first-order valence-corrected chi connectivity index (χ1v) is 9.17. The molecule has 5 nitrogen and oxygen atoms in total. The molecule has 0 aliphatic carbocycles. The van der Waals surface area contributed by atoms with Crippen molar-refractivity contribution in [2.75, 3.05) is 6.16 Å². The normalized spacial score (nSPS) is 11.9. The van der Waals surface area contributed by atoms with Crippen LogP contribution in [-0.4, -0.2) is 18.2 Å². The molecule has 26 heavy (non-hydrogen) atoms. The third-order valence-corrected chi connectivity index (χ3v) is 4.61. The Balaban J connectivity index is 2.22.